The van der Waals surface area contributed by atoms with Crippen molar-refractivity contribution in [3.05, 3.63) is 83.1 Å². The predicted molar refractivity (Wildman–Crippen MR) is 90.6 cm³/mol. The number of para-hydroxylation sites is 1. The zero-order valence-corrected chi connectivity index (χ0v) is 13.2. The molecule has 0 saturated carbocycles. The van der Waals surface area contributed by atoms with Crippen molar-refractivity contribution < 1.29 is 4.79 Å². The lowest BCUT2D eigenvalue weighted by atomic mass is 10.2. The summed E-state index contributed by atoms with van der Waals surface area (Å²) in [6, 6.07) is 17.2. The van der Waals surface area contributed by atoms with Crippen LogP contribution < -0.4 is 5.32 Å². The second-order valence-corrected chi connectivity index (χ2v) is 5.65. The van der Waals surface area contributed by atoms with Crippen LogP contribution in [-0.4, -0.2) is 15.7 Å². The van der Waals surface area contributed by atoms with E-state index >= 15 is 0 Å². The van der Waals surface area contributed by atoms with Gasteiger partial charge in [-0.3, -0.25) is 4.79 Å². The van der Waals surface area contributed by atoms with Crippen molar-refractivity contribution >= 4 is 17.5 Å². The van der Waals surface area contributed by atoms with Crippen molar-refractivity contribution in [3.63, 3.8) is 0 Å². The second-order valence-electron chi connectivity index (χ2n) is 5.21. The van der Waals surface area contributed by atoms with Crippen molar-refractivity contribution in [2.24, 2.45) is 0 Å². The van der Waals surface area contributed by atoms with Gasteiger partial charge in [-0.05, 0) is 35.4 Å². The fourth-order valence-corrected chi connectivity index (χ4v) is 2.48. The first-order valence-electron chi connectivity index (χ1n) is 7.31. The minimum atomic E-state index is -0.0439. The first-order valence-corrected chi connectivity index (χ1v) is 7.68. The number of amides is 1. The Hall–Kier alpha value is -2.59. The van der Waals surface area contributed by atoms with Gasteiger partial charge in [0.2, 0.25) is 5.91 Å². The molecule has 3 aromatic rings. The first kappa shape index (κ1) is 15.3. The molecule has 0 saturated heterocycles. The summed E-state index contributed by atoms with van der Waals surface area (Å²) in [6.07, 6.45) is 3.88. The van der Waals surface area contributed by atoms with Gasteiger partial charge < -0.3 is 5.32 Å². The van der Waals surface area contributed by atoms with E-state index in [0.717, 1.165) is 16.8 Å². The van der Waals surface area contributed by atoms with Crippen molar-refractivity contribution in [1.29, 1.82) is 0 Å². The van der Waals surface area contributed by atoms with Crippen LogP contribution in [0.1, 0.15) is 11.1 Å². The Balaban J connectivity index is 1.57. The molecule has 1 aromatic heterocycles. The Kier molecular flexibility index (Phi) is 4.74. The Morgan fingerprint density at radius 1 is 1.09 bits per heavy atom. The van der Waals surface area contributed by atoms with Crippen LogP contribution in [0.15, 0.2) is 67.0 Å². The van der Waals surface area contributed by atoms with E-state index in [2.05, 4.69) is 10.4 Å². The lowest BCUT2D eigenvalue weighted by Gasteiger charge is -2.05. The van der Waals surface area contributed by atoms with Crippen LogP contribution in [0.25, 0.3) is 5.69 Å². The molecule has 5 heteroatoms. The van der Waals surface area contributed by atoms with Gasteiger partial charge >= 0.3 is 0 Å². The van der Waals surface area contributed by atoms with Crippen LogP contribution in [0.5, 0.6) is 0 Å². The van der Waals surface area contributed by atoms with Gasteiger partial charge in [-0.25, -0.2) is 4.68 Å². The van der Waals surface area contributed by atoms with Gasteiger partial charge in [-0.15, -0.1) is 0 Å². The Morgan fingerprint density at radius 3 is 2.70 bits per heavy atom. The number of rotatable bonds is 5. The molecule has 2 aromatic carbocycles. The average Bonchev–Trinajstić information content (AvgIpc) is 3.02. The maximum atomic E-state index is 12.0. The van der Waals surface area contributed by atoms with Crippen LogP contribution in [0, 0.1) is 0 Å². The standard InChI is InChI=1S/C18H16ClN3O/c19-16-6-4-5-14(9-16)11-20-18(23)10-15-12-21-22(13-15)17-7-2-1-3-8-17/h1-9,12-13H,10-11H2,(H,20,23). The predicted octanol–water partition coefficient (Wildman–Crippen LogP) is 3.38. The molecule has 0 radical (unpaired) electrons. The van der Waals surface area contributed by atoms with E-state index in [4.69, 9.17) is 11.6 Å². The zero-order valence-electron chi connectivity index (χ0n) is 12.4. The highest BCUT2D eigenvalue weighted by molar-refractivity contribution is 6.30. The maximum Gasteiger partial charge on any atom is 0.224 e. The van der Waals surface area contributed by atoms with E-state index in [-0.39, 0.29) is 5.91 Å². The highest BCUT2D eigenvalue weighted by Gasteiger charge is 2.07. The quantitative estimate of drug-likeness (QED) is 0.781. The molecule has 1 N–H and O–H groups in total. The molecule has 0 spiro atoms. The number of nitrogens with one attached hydrogen (secondary N) is 1. The summed E-state index contributed by atoms with van der Waals surface area (Å²) in [6.45, 7) is 0.464. The smallest absolute Gasteiger partial charge is 0.224 e. The molecule has 4 nitrogen and oxygen atoms in total. The second kappa shape index (κ2) is 7.11. The third kappa shape index (κ3) is 4.20. The Labute approximate surface area is 139 Å². The fraction of sp³-hybridized carbons (Fsp3) is 0.111. The maximum absolute atomic E-state index is 12.0. The van der Waals surface area contributed by atoms with Crippen molar-refractivity contribution in [3.8, 4) is 5.69 Å². The summed E-state index contributed by atoms with van der Waals surface area (Å²) >= 11 is 5.93. The SMILES string of the molecule is O=C(Cc1cnn(-c2ccccc2)c1)NCc1cccc(Cl)c1. The summed E-state index contributed by atoms with van der Waals surface area (Å²) in [7, 11) is 0. The largest absolute Gasteiger partial charge is 0.352 e. The molecule has 3 rings (SSSR count). The third-order valence-electron chi connectivity index (χ3n) is 3.40. The van der Waals surface area contributed by atoms with Gasteiger partial charge in [0.25, 0.3) is 0 Å². The average molecular weight is 326 g/mol. The van der Waals surface area contributed by atoms with E-state index in [1.807, 2.05) is 60.8 Å². The summed E-state index contributed by atoms with van der Waals surface area (Å²) in [5, 5.41) is 7.85. The van der Waals surface area contributed by atoms with E-state index in [9.17, 15) is 4.79 Å². The van der Waals surface area contributed by atoms with Crippen molar-refractivity contribution in [1.82, 2.24) is 15.1 Å². The third-order valence-corrected chi connectivity index (χ3v) is 3.64. The first-order chi connectivity index (χ1) is 11.2. The molecule has 1 amide bonds. The van der Waals surface area contributed by atoms with E-state index in [1.54, 1.807) is 10.9 Å². The molecule has 0 fully saturated rings. The van der Waals surface area contributed by atoms with Gasteiger partial charge in [-0.2, -0.15) is 5.10 Å². The van der Waals surface area contributed by atoms with Gasteiger partial charge in [0.1, 0.15) is 0 Å². The van der Waals surface area contributed by atoms with Crippen LogP contribution in [0.2, 0.25) is 5.02 Å². The molecule has 1 heterocycles. The number of carbonyl (C=O) groups is 1. The monoisotopic (exact) mass is 325 g/mol. The van der Waals surface area contributed by atoms with Gasteiger partial charge in [0.05, 0.1) is 18.3 Å². The molecule has 0 aliphatic heterocycles. The topological polar surface area (TPSA) is 46.9 Å². The zero-order chi connectivity index (χ0) is 16.1. The van der Waals surface area contributed by atoms with Crippen LogP contribution in [0.4, 0.5) is 0 Å². The molecular weight excluding hydrogens is 310 g/mol. The number of nitrogens with zero attached hydrogens (tertiary/aromatic N) is 2. The summed E-state index contributed by atoms with van der Waals surface area (Å²) in [4.78, 5) is 12.0. The fourth-order valence-electron chi connectivity index (χ4n) is 2.27. The minimum absolute atomic E-state index is 0.0439. The van der Waals surface area contributed by atoms with Crippen molar-refractivity contribution in [2.45, 2.75) is 13.0 Å². The number of aromatic nitrogens is 2. The van der Waals surface area contributed by atoms with Crippen LogP contribution in [0.3, 0.4) is 0 Å². The normalized spacial score (nSPS) is 10.5. The summed E-state index contributed by atoms with van der Waals surface area (Å²) in [5.74, 6) is -0.0439. The van der Waals surface area contributed by atoms with E-state index < -0.39 is 0 Å². The summed E-state index contributed by atoms with van der Waals surface area (Å²) < 4.78 is 1.76. The molecule has 0 unspecified atom stereocenters. The molecule has 0 aliphatic rings. The van der Waals surface area contributed by atoms with Gasteiger partial charge in [0.15, 0.2) is 0 Å². The molecular formula is C18H16ClN3O. The number of hydrogen-bond donors (Lipinski definition) is 1. The molecule has 23 heavy (non-hydrogen) atoms. The van der Waals surface area contributed by atoms with Gasteiger partial charge in [0, 0.05) is 17.8 Å². The van der Waals surface area contributed by atoms with E-state index in [1.165, 1.54) is 0 Å². The number of hydrogen-bond acceptors (Lipinski definition) is 2. The van der Waals surface area contributed by atoms with Gasteiger partial charge in [-0.1, -0.05) is 41.9 Å². The highest BCUT2D eigenvalue weighted by Crippen LogP contribution is 2.11. The minimum Gasteiger partial charge on any atom is -0.352 e. The molecule has 0 aliphatic carbocycles. The molecule has 0 bridgehead atoms. The Morgan fingerprint density at radius 2 is 1.91 bits per heavy atom. The molecule has 0 atom stereocenters. The lowest BCUT2D eigenvalue weighted by molar-refractivity contribution is -0.120. The highest BCUT2D eigenvalue weighted by atomic mass is 35.5. The number of halogens is 1. The lowest BCUT2D eigenvalue weighted by Crippen LogP contribution is -2.24. The van der Waals surface area contributed by atoms with Crippen LogP contribution >= 0.6 is 11.6 Å². The number of carbonyl (C=O) groups excluding carboxylic acids is 1. The Bertz CT molecular complexity index is 799. The number of benzene rings is 2. The summed E-state index contributed by atoms with van der Waals surface area (Å²) in [5.41, 5.74) is 2.82. The van der Waals surface area contributed by atoms with E-state index in [0.29, 0.717) is 18.0 Å². The molecule has 116 valence electrons. The van der Waals surface area contributed by atoms with Crippen LogP contribution in [-0.2, 0) is 17.8 Å². The van der Waals surface area contributed by atoms with Crippen molar-refractivity contribution in [2.75, 3.05) is 0 Å².